The molecular weight excluding hydrogens is 236 g/mol. The van der Waals surface area contributed by atoms with E-state index in [0.29, 0.717) is 6.54 Å². The van der Waals surface area contributed by atoms with Crippen LogP contribution in [-0.4, -0.2) is 19.6 Å². The van der Waals surface area contributed by atoms with Crippen molar-refractivity contribution in [1.29, 1.82) is 0 Å². The number of aryl methyl sites for hydroxylation is 1. The minimum atomic E-state index is -0.505. The summed E-state index contributed by atoms with van der Waals surface area (Å²) in [6.07, 6.45) is 7.05. The largest absolute Gasteiger partial charge is 0.381 e. The van der Waals surface area contributed by atoms with Crippen molar-refractivity contribution in [2.24, 2.45) is 0 Å². The van der Waals surface area contributed by atoms with E-state index in [4.69, 9.17) is 4.52 Å². The third-order valence-corrected chi connectivity index (χ3v) is 3.17. The highest BCUT2D eigenvalue weighted by molar-refractivity contribution is 5.26. The molecule has 0 N–H and O–H groups in total. The maximum atomic E-state index is 10.5. The van der Waals surface area contributed by atoms with Crippen molar-refractivity contribution in [2.75, 3.05) is 0 Å². The quantitative estimate of drug-likeness (QED) is 0.609. The maximum Gasteiger partial charge on any atom is 0.381 e. The Bertz CT molecular complexity index is 587. The van der Waals surface area contributed by atoms with Gasteiger partial charge in [0.25, 0.3) is 0 Å². The van der Waals surface area contributed by atoms with Gasteiger partial charge in [0.15, 0.2) is 0 Å². The molecule has 0 unspecified atom stereocenters. The number of hydrogen-bond acceptors (Lipinski definition) is 5. The van der Waals surface area contributed by atoms with Crippen LogP contribution < -0.4 is 0 Å². The van der Waals surface area contributed by atoms with E-state index in [1.807, 2.05) is 0 Å². The Morgan fingerprint density at radius 3 is 3.06 bits per heavy atom. The number of nitro groups is 1. The van der Waals surface area contributed by atoms with Gasteiger partial charge in [0, 0.05) is 12.0 Å². The molecule has 3 rings (SSSR count). The molecule has 1 aliphatic carbocycles. The summed E-state index contributed by atoms with van der Waals surface area (Å²) >= 11 is 0. The number of rotatable bonds is 3. The lowest BCUT2D eigenvalue weighted by atomic mass is 9.96. The second kappa shape index (κ2) is 4.25. The fourth-order valence-corrected chi connectivity index (χ4v) is 2.28. The molecule has 2 heterocycles. The van der Waals surface area contributed by atoms with Gasteiger partial charge in [-0.05, 0) is 29.2 Å². The number of nitrogens with zero attached hydrogens (tertiary/aromatic N) is 4. The normalized spacial score (nSPS) is 14.4. The van der Waals surface area contributed by atoms with Gasteiger partial charge in [-0.1, -0.05) is 5.16 Å². The molecule has 0 radical (unpaired) electrons. The van der Waals surface area contributed by atoms with Crippen LogP contribution in [0.1, 0.15) is 29.9 Å². The highest BCUT2D eigenvalue weighted by Crippen LogP contribution is 2.24. The van der Waals surface area contributed by atoms with Gasteiger partial charge in [-0.15, -0.1) is 0 Å². The molecule has 2 aromatic rings. The van der Waals surface area contributed by atoms with Crippen LogP contribution in [0.15, 0.2) is 17.0 Å². The van der Waals surface area contributed by atoms with E-state index in [0.717, 1.165) is 42.7 Å². The average Bonchev–Trinajstić information content (AvgIpc) is 2.98. The van der Waals surface area contributed by atoms with Gasteiger partial charge >= 0.3 is 5.82 Å². The fraction of sp³-hybridized carbons (Fsp3) is 0.455. The Balaban J connectivity index is 1.83. The fourth-order valence-electron chi connectivity index (χ4n) is 2.28. The molecule has 0 saturated carbocycles. The molecule has 0 bridgehead atoms. The Kier molecular flexibility index (Phi) is 2.58. The summed E-state index contributed by atoms with van der Waals surface area (Å²) in [6, 6.07) is 0. The van der Waals surface area contributed by atoms with Crippen LogP contribution in [0.25, 0.3) is 0 Å². The molecule has 1 aliphatic rings. The SMILES string of the molecule is O=[N+]([O-])c1cn(Cc2noc3c2CCCC3)cn1. The second-order valence-corrected chi connectivity index (χ2v) is 4.40. The van der Waals surface area contributed by atoms with Crippen molar-refractivity contribution < 1.29 is 9.45 Å². The first kappa shape index (κ1) is 10.9. The van der Waals surface area contributed by atoms with Crippen molar-refractivity contribution in [2.45, 2.75) is 32.2 Å². The van der Waals surface area contributed by atoms with E-state index < -0.39 is 4.92 Å². The second-order valence-electron chi connectivity index (χ2n) is 4.40. The topological polar surface area (TPSA) is 87.0 Å². The minimum Gasteiger partial charge on any atom is -0.361 e. The van der Waals surface area contributed by atoms with Gasteiger partial charge in [-0.25, -0.2) is 0 Å². The first-order valence-electron chi connectivity index (χ1n) is 5.86. The Labute approximate surface area is 103 Å². The van der Waals surface area contributed by atoms with Crippen molar-refractivity contribution in [3.8, 4) is 0 Å². The zero-order valence-corrected chi connectivity index (χ0v) is 9.70. The third kappa shape index (κ3) is 1.87. The summed E-state index contributed by atoms with van der Waals surface area (Å²) in [5, 5.41) is 14.6. The van der Waals surface area contributed by atoms with Gasteiger partial charge in [0.2, 0.25) is 6.33 Å². The van der Waals surface area contributed by atoms with Crippen LogP contribution in [0.3, 0.4) is 0 Å². The molecule has 7 heteroatoms. The molecular formula is C11H12N4O3. The number of aromatic nitrogens is 3. The zero-order chi connectivity index (χ0) is 12.5. The molecule has 18 heavy (non-hydrogen) atoms. The van der Waals surface area contributed by atoms with E-state index >= 15 is 0 Å². The Morgan fingerprint density at radius 1 is 1.44 bits per heavy atom. The summed E-state index contributed by atoms with van der Waals surface area (Å²) in [5.74, 6) is 0.818. The molecule has 7 nitrogen and oxygen atoms in total. The molecule has 2 aromatic heterocycles. The predicted octanol–water partition coefficient (Wildman–Crippen LogP) is 1.71. The highest BCUT2D eigenvalue weighted by Gasteiger charge is 2.20. The molecule has 0 amide bonds. The van der Waals surface area contributed by atoms with E-state index in [1.165, 1.54) is 12.5 Å². The van der Waals surface area contributed by atoms with Crippen molar-refractivity contribution >= 4 is 5.82 Å². The maximum absolute atomic E-state index is 10.5. The number of fused-ring (bicyclic) bond motifs is 1. The predicted molar refractivity (Wildman–Crippen MR) is 61.1 cm³/mol. The van der Waals surface area contributed by atoms with Gasteiger partial charge in [0.05, 0.1) is 6.54 Å². The molecule has 0 saturated heterocycles. The zero-order valence-electron chi connectivity index (χ0n) is 9.70. The summed E-state index contributed by atoms with van der Waals surface area (Å²) in [7, 11) is 0. The Morgan fingerprint density at radius 2 is 2.28 bits per heavy atom. The van der Waals surface area contributed by atoms with Gasteiger partial charge in [0.1, 0.15) is 17.7 Å². The van der Waals surface area contributed by atoms with E-state index in [9.17, 15) is 10.1 Å². The van der Waals surface area contributed by atoms with E-state index in [2.05, 4.69) is 10.1 Å². The number of hydrogen-bond donors (Lipinski definition) is 0. The van der Waals surface area contributed by atoms with Crippen LogP contribution >= 0.6 is 0 Å². The van der Waals surface area contributed by atoms with Crippen LogP contribution in [0.4, 0.5) is 5.82 Å². The molecule has 0 aliphatic heterocycles. The van der Waals surface area contributed by atoms with Crippen molar-refractivity contribution in [3.05, 3.63) is 39.7 Å². The first-order chi connectivity index (χ1) is 8.74. The average molecular weight is 248 g/mol. The molecule has 0 fully saturated rings. The monoisotopic (exact) mass is 248 g/mol. The van der Waals surface area contributed by atoms with E-state index in [-0.39, 0.29) is 5.82 Å². The molecule has 94 valence electrons. The summed E-state index contributed by atoms with van der Waals surface area (Å²) in [4.78, 5) is 13.8. The highest BCUT2D eigenvalue weighted by atomic mass is 16.6. The lowest BCUT2D eigenvalue weighted by Gasteiger charge is -2.08. The summed E-state index contributed by atoms with van der Waals surface area (Å²) < 4.78 is 6.95. The van der Waals surface area contributed by atoms with Crippen LogP contribution in [0, 0.1) is 10.1 Å². The van der Waals surface area contributed by atoms with Crippen LogP contribution in [0.2, 0.25) is 0 Å². The number of imidazole rings is 1. The van der Waals surface area contributed by atoms with Crippen LogP contribution in [0.5, 0.6) is 0 Å². The van der Waals surface area contributed by atoms with Gasteiger partial charge in [-0.2, -0.15) is 0 Å². The molecule has 0 spiro atoms. The smallest absolute Gasteiger partial charge is 0.361 e. The lowest BCUT2D eigenvalue weighted by molar-refractivity contribution is -0.389. The first-order valence-corrected chi connectivity index (χ1v) is 5.86. The molecule has 0 atom stereocenters. The summed E-state index contributed by atoms with van der Waals surface area (Å²) in [6.45, 7) is 0.472. The standard InChI is InChI=1S/C11H12N4O3/c16-15(17)11-6-14(7-12-11)5-9-8-3-1-2-4-10(8)18-13-9/h6-7H,1-5H2. The summed E-state index contributed by atoms with van der Waals surface area (Å²) in [5.41, 5.74) is 2.02. The molecule has 0 aromatic carbocycles. The van der Waals surface area contributed by atoms with E-state index in [1.54, 1.807) is 4.57 Å². The van der Waals surface area contributed by atoms with Crippen molar-refractivity contribution in [1.82, 2.24) is 14.7 Å². The minimum absolute atomic E-state index is 0.146. The van der Waals surface area contributed by atoms with Crippen molar-refractivity contribution in [3.63, 3.8) is 0 Å². The van der Waals surface area contributed by atoms with Gasteiger partial charge in [-0.3, -0.25) is 0 Å². The lowest BCUT2D eigenvalue weighted by Crippen LogP contribution is -2.05. The van der Waals surface area contributed by atoms with Gasteiger partial charge < -0.3 is 19.2 Å². The van der Waals surface area contributed by atoms with Crippen LogP contribution in [-0.2, 0) is 19.4 Å². The third-order valence-electron chi connectivity index (χ3n) is 3.17. The Hall–Kier alpha value is -2.18.